The molecule has 0 radical (unpaired) electrons. The summed E-state index contributed by atoms with van der Waals surface area (Å²) in [6.45, 7) is 5.13. The molecule has 33 heavy (non-hydrogen) atoms. The molecule has 6 heteroatoms. The third-order valence-electron chi connectivity index (χ3n) is 6.06. The minimum absolute atomic E-state index is 0.251. The first-order chi connectivity index (χ1) is 16.2. The van der Waals surface area contributed by atoms with Gasteiger partial charge in [-0.25, -0.2) is 4.98 Å². The number of ether oxygens (including phenoxy) is 2. The largest absolute Gasteiger partial charge is 0.481 e. The third-order valence-corrected chi connectivity index (χ3v) is 6.06. The van der Waals surface area contributed by atoms with Crippen molar-refractivity contribution < 1.29 is 14.6 Å². The Balaban J connectivity index is 1.26. The van der Waals surface area contributed by atoms with Crippen LogP contribution in [0.25, 0.3) is 0 Å². The van der Waals surface area contributed by atoms with Crippen LogP contribution >= 0.6 is 0 Å². The van der Waals surface area contributed by atoms with Gasteiger partial charge in [-0.2, -0.15) is 0 Å². The Labute approximate surface area is 196 Å². The van der Waals surface area contributed by atoms with Crippen LogP contribution in [0, 0.1) is 0 Å². The fraction of sp³-hybridized carbons (Fsp3) is 0.370. The van der Waals surface area contributed by atoms with Crippen LogP contribution in [0.4, 0.5) is 0 Å². The maximum Gasteiger partial charge on any atom is 0.212 e. The van der Waals surface area contributed by atoms with E-state index in [0.29, 0.717) is 25.6 Å². The predicted molar refractivity (Wildman–Crippen MR) is 129 cm³/mol. The van der Waals surface area contributed by atoms with E-state index in [1.165, 1.54) is 11.1 Å². The second-order valence-electron chi connectivity index (χ2n) is 8.44. The second-order valence-corrected chi connectivity index (χ2v) is 8.44. The Hall–Kier alpha value is -2.77. The van der Waals surface area contributed by atoms with Gasteiger partial charge in [-0.3, -0.25) is 9.80 Å². The van der Waals surface area contributed by atoms with Crippen LogP contribution in [0.3, 0.4) is 0 Å². The summed E-state index contributed by atoms with van der Waals surface area (Å²) >= 11 is 0. The number of hydrogen-bond donors (Lipinski definition) is 1. The van der Waals surface area contributed by atoms with Crippen LogP contribution in [-0.4, -0.2) is 72.4 Å². The first-order valence-electron chi connectivity index (χ1n) is 11.5. The Bertz CT molecular complexity index is 906. The quantitative estimate of drug-likeness (QED) is 0.514. The van der Waals surface area contributed by atoms with Crippen LogP contribution < -0.4 is 4.74 Å². The van der Waals surface area contributed by atoms with Crippen LogP contribution in [0.1, 0.15) is 22.7 Å². The summed E-state index contributed by atoms with van der Waals surface area (Å²) in [4.78, 5) is 9.04. The van der Waals surface area contributed by atoms with E-state index in [4.69, 9.17) is 9.47 Å². The minimum atomic E-state index is -0.512. The maximum absolute atomic E-state index is 10.5. The molecule has 1 unspecified atom stereocenters. The molecule has 1 N–H and O–H groups in total. The fourth-order valence-electron chi connectivity index (χ4n) is 4.37. The highest BCUT2D eigenvalue weighted by Gasteiger charge is 2.27. The molecule has 2 heterocycles. The number of aromatic nitrogens is 1. The van der Waals surface area contributed by atoms with Gasteiger partial charge in [0.2, 0.25) is 5.88 Å². The Morgan fingerprint density at radius 3 is 2.06 bits per heavy atom. The predicted octanol–water partition coefficient (Wildman–Crippen LogP) is 3.37. The van der Waals surface area contributed by atoms with E-state index in [-0.39, 0.29) is 6.04 Å². The summed E-state index contributed by atoms with van der Waals surface area (Å²) in [5.41, 5.74) is 3.60. The SMILES string of the molecule is COc1ccc(COCC(O)CN2CCN(C(c3ccccc3)c3ccccc3)CC2)cn1. The molecule has 0 amide bonds. The first kappa shape index (κ1) is 23.4. The number of rotatable bonds is 10. The Morgan fingerprint density at radius 1 is 0.879 bits per heavy atom. The van der Waals surface area contributed by atoms with Crippen molar-refractivity contribution in [2.45, 2.75) is 18.8 Å². The molecule has 6 nitrogen and oxygen atoms in total. The van der Waals surface area contributed by atoms with Crippen molar-refractivity contribution in [1.82, 2.24) is 14.8 Å². The summed E-state index contributed by atoms with van der Waals surface area (Å²) < 4.78 is 10.8. The van der Waals surface area contributed by atoms with Gasteiger partial charge >= 0.3 is 0 Å². The van der Waals surface area contributed by atoms with Gasteiger partial charge in [0, 0.05) is 45.0 Å². The number of piperazine rings is 1. The highest BCUT2D eigenvalue weighted by molar-refractivity contribution is 5.32. The van der Waals surface area contributed by atoms with Crippen molar-refractivity contribution in [3.8, 4) is 5.88 Å². The summed E-state index contributed by atoms with van der Waals surface area (Å²) in [7, 11) is 1.60. The average Bonchev–Trinajstić information content (AvgIpc) is 2.87. The summed E-state index contributed by atoms with van der Waals surface area (Å²) in [6.07, 6.45) is 1.22. The van der Waals surface area contributed by atoms with Gasteiger partial charge in [-0.1, -0.05) is 60.7 Å². The molecule has 2 aromatic carbocycles. The molecular weight excluding hydrogens is 414 g/mol. The molecule has 174 valence electrons. The number of nitrogens with zero attached hydrogens (tertiary/aromatic N) is 3. The first-order valence-corrected chi connectivity index (χ1v) is 11.5. The zero-order valence-electron chi connectivity index (χ0n) is 19.2. The van der Waals surface area contributed by atoms with E-state index < -0.39 is 6.10 Å². The third kappa shape index (κ3) is 6.62. The highest BCUT2D eigenvalue weighted by atomic mass is 16.5. The van der Waals surface area contributed by atoms with E-state index in [1.807, 2.05) is 12.1 Å². The van der Waals surface area contributed by atoms with Gasteiger partial charge in [0.25, 0.3) is 0 Å². The number of β-amino-alcohol motifs (C(OH)–C–C–N with tert-alkyl or cyclic N) is 1. The molecule has 1 fully saturated rings. The highest BCUT2D eigenvalue weighted by Crippen LogP contribution is 2.29. The number of hydrogen-bond acceptors (Lipinski definition) is 6. The lowest BCUT2D eigenvalue weighted by Crippen LogP contribution is -2.50. The zero-order chi connectivity index (χ0) is 22.9. The number of aliphatic hydroxyl groups is 1. The molecule has 1 saturated heterocycles. The van der Waals surface area contributed by atoms with Gasteiger partial charge in [0.1, 0.15) is 0 Å². The van der Waals surface area contributed by atoms with Gasteiger partial charge < -0.3 is 14.6 Å². The summed E-state index contributed by atoms with van der Waals surface area (Å²) in [6, 6.07) is 25.4. The van der Waals surface area contributed by atoms with Crippen molar-refractivity contribution in [1.29, 1.82) is 0 Å². The number of benzene rings is 2. The van der Waals surface area contributed by atoms with Gasteiger partial charge in [0.05, 0.1) is 32.5 Å². The van der Waals surface area contributed by atoms with Crippen molar-refractivity contribution in [3.63, 3.8) is 0 Å². The second kappa shape index (κ2) is 11.9. The molecule has 1 aliphatic rings. The molecule has 0 bridgehead atoms. The summed E-state index contributed by atoms with van der Waals surface area (Å²) in [5.74, 6) is 0.583. The molecule has 1 atom stereocenters. The van der Waals surface area contributed by atoms with Crippen LogP contribution in [0.15, 0.2) is 79.0 Å². The Kier molecular flexibility index (Phi) is 8.44. The van der Waals surface area contributed by atoms with Gasteiger partial charge in [-0.05, 0) is 22.8 Å². The topological polar surface area (TPSA) is 58.1 Å². The number of aliphatic hydroxyl groups excluding tert-OH is 1. The Morgan fingerprint density at radius 2 is 1.52 bits per heavy atom. The molecule has 0 saturated carbocycles. The van der Waals surface area contributed by atoms with Gasteiger partial charge in [-0.15, -0.1) is 0 Å². The molecule has 0 aliphatic carbocycles. The average molecular weight is 448 g/mol. The smallest absolute Gasteiger partial charge is 0.212 e. The normalized spacial score (nSPS) is 16.1. The lowest BCUT2D eigenvalue weighted by atomic mass is 9.96. The summed E-state index contributed by atoms with van der Waals surface area (Å²) in [5, 5.41) is 10.5. The molecule has 1 aromatic heterocycles. The molecular formula is C27H33N3O3. The van der Waals surface area contributed by atoms with E-state index in [1.54, 1.807) is 13.3 Å². The maximum atomic E-state index is 10.5. The van der Waals surface area contributed by atoms with E-state index in [2.05, 4.69) is 75.4 Å². The lowest BCUT2D eigenvalue weighted by molar-refractivity contribution is -0.000777. The molecule has 1 aliphatic heterocycles. The fourth-order valence-corrected chi connectivity index (χ4v) is 4.37. The minimum Gasteiger partial charge on any atom is -0.481 e. The van der Waals surface area contributed by atoms with Crippen molar-refractivity contribution in [2.75, 3.05) is 46.4 Å². The zero-order valence-corrected chi connectivity index (χ0v) is 19.2. The molecule has 0 spiro atoms. The van der Waals surface area contributed by atoms with Crippen molar-refractivity contribution >= 4 is 0 Å². The van der Waals surface area contributed by atoms with Crippen molar-refractivity contribution in [3.05, 3.63) is 95.7 Å². The monoisotopic (exact) mass is 447 g/mol. The van der Waals surface area contributed by atoms with Crippen LogP contribution in [-0.2, 0) is 11.3 Å². The van der Waals surface area contributed by atoms with Crippen molar-refractivity contribution in [2.24, 2.45) is 0 Å². The standard InChI is InChI=1S/C27H33N3O3/c1-32-26-13-12-22(18-28-26)20-33-21-25(31)19-29-14-16-30(17-15-29)27(23-8-4-2-5-9-23)24-10-6-3-7-11-24/h2-13,18,25,27,31H,14-17,19-21H2,1H3. The van der Waals surface area contributed by atoms with Crippen LogP contribution in [0.5, 0.6) is 5.88 Å². The van der Waals surface area contributed by atoms with Crippen LogP contribution in [0.2, 0.25) is 0 Å². The van der Waals surface area contributed by atoms with E-state index >= 15 is 0 Å². The van der Waals surface area contributed by atoms with Gasteiger partial charge in [0.15, 0.2) is 0 Å². The lowest BCUT2D eigenvalue weighted by Gasteiger charge is -2.40. The van der Waals surface area contributed by atoms with E-state index in [9.17, 15) is 5.11 Å². The number of methoxy groups -OCH3 is 1. The number of pyridine rings is 1. The van der Waals surface area contributed by atoms with E-state index in [0.717, 1.165) is 31.7 Å². The molecule has 4 rings (SSSR count). The molecule has 3 aromatic rings.